The average Bonchev–Trinajstić information content (AvgIpc) is 3.34. The number of nitrogens with one attached hydrogen (secondary N) is 2. The van der Waals surface area contributed by atoms with Crippen LogP contribution in [0.5, 0.6) is 5.88 Å². The number of H-pyrrole nitrogens is 1. The lowest BCUT2D eigenvalue weighted by atomic mass is 9.73. The summed E-state index contributed by atoms with van der Waals surface area (Å²) >= 11 is 0. The van der Waals surface area contributed by atoms with E-state index in [9.17, 15) is 0 Å². The van der Waals surface area contributed by atoms with Crippen LogP contribution in [-0.4, -0.2) is 68.6 Å². The van der Waals surface area contributed by atoms with Gasteiger partial charge in [-0.05, 0) is 39.7 Å². The van der Waals surface area contributed by atoms with Gasteiger partial charge in [-0.1, -0.05) is 0 Å². The van der Waals surface area contributed by atoms with Crippen LogP contribution in [0.3, 0.4) is 0 Å². The number of rotatable bonds is 6. The number of aromatic nitrogens is 5. The normalized spacial score (nSPS) is 24.7. The lowest BCUT2D eigenvalue weighted by Gasteiger charge is -2.51. The molecule has 0 amide bonds. The number of aromatic amines is 1. The third-order valence-corrected chi connectivity index (χ3v) is 6.34. The predicted molar refractivity (Wildman–Crippen MR) is 114 cm³/mol. The molecule has 0 unspecified atom stereocenters. The maximum absolute atomic E-state index is 5.70. The number of ether oxygens (including phenoxy) is 2. The molecule has 0 radical (unpaired) electrons. The summed E-state index contributed by atoms with van der Waals surface area (Å²) in [5, 5.41) is 8.93. The summed E-state index contributed by atoms with van der Waals surface area (Å²) in [5.41, 5.74) is 2.79. The predicted octanol–water partition coefficient (Wildman–Crippen LogP) is 2.81. The van der Waals surface area contributed by atoms with E-state index in [2.05, 4.69) is 43.7 Å². The molecule has 0 atom stereocenters. The Hall–Kier alpha value is -2.65. The molecular formula is C21H29N7O2. The largest absolute Gasteiger partial charge is 0.477 e. The Balaban J connectivity index is 1.34. The highest BCUT2D eigenvalue weighted by Crippen LogP contribution is 2.43. The molecular weight excluding hydrogens is 382 g/mol. The molecule has 0 spiro atoms. The standard InChI is InChI=1S/C21H29N7O2/c1-4-30-19-16-5-6-22-18(16)25-20(26-19)24-17-13-23-28(14(17)2)21(3)11-15(12-21)27-7-9-29-10-8-27/h5-6,13,15H,4,7-12H2,1-3H3,(H2,22,24,25,26). The Morgan fingerprint density at radius 2 is 2.10 bits per heavy atom. The maximum Gasteiger partial charge on any atom is 0.232 e. The summed E-state index contributed by atoms with van der Waals surface area (Å²) in [7, 11) is 0. The zero-order valence-corrected chi connectivity index (χ0v) is 17.8. The molecule has 9 nitrogen and oxygen atoms in total. The minimum absolute atomic E-state index is 0.0355. The van der Waals surface area contributed by atoms with Crippen molar-refractivity contribution in [1.29, 1.82) is 0 Å². The molecule has 4 heterocycles. The molecule has 3 aromatic rings. The van der Waals surface area contributed by atoms with E-state index in [4.69, 9.17) is 14.6 Å². The second-order valence-corrected chi connectivity index (χ2v) is 8.41. The molecule has 2 aliphatic rings. The van der Waals surface area contributed by atoms with Gasteiger partial charge in [-0.3, -0.25) is 9.58 Å². The fourth-order valence-corrected chi connectivity index (χ4v) is 4.74. The van der Waals surface area contributed by atoms with E-state index < -0.39 is 0 Å². The Morgan fingerprint density at radius 1 is 1.30 bits per heavy atom. The summed E-state index contributed by atoms with van der Waals surface area (Å²) in [6, 6.07) is 2.54. The van der Waals surface area contributed by atoms with Crippen LogP contribution in [0.2, 0.25) is 0 Å². The van der Waals surface area contributed by atoms with E-state index in [0.29, 0.717) is 24.5 Å². The second kappa shape index (κ2) is 7.55. The minimum Gasteiger partial charge on any atom is -0.477 e. The fourth-order valence-electron chi connectivity index (χ4n) is 4.74. The minimum atomic E-state index is 0.0355. The quantitative estimate of drug-likeness (QED) is 0.644. The first-order valence-corrected chi connectivity index (χ1v) is 10.7. The van der Waals surface area contributed by atoms with Crippen LogP contribution >= 0.6 is 0 Å². The van der Waals surface area contributed by atoms with Gasteiger partial charge in [0.2, 0.25) is 11.8 Å². The molecule has 1 aliphatic heterocycles. The van der Waals surface area contributed by atoms with E-state index in [1.165, 1.54) is 0 Å². The Labute approximate surface area is 175 Å². The van der Waals surface area contributed by atoms with Crippen LogP contribution in [0.15, 0.2) is 18.5 Å². The zero-order chi connectivity index (χ0) is 20.7. The average molecular weight is 412 g/mol. The molecule has 30 heavy (non-hydrogen) atoms. The Morgan fingerprint density at radius 3 is 2.87 bits per heavy atom. The molecule has 160 valence electrons. The zero-order valence-electron chi connectivity index (χ0n) is 17.8. The molecule has 1 saturated heterocycles. The van der Waals surface area contributed by atoms with Crippen molar-refractivity contribution in [3.63, 3.8) is 0 Å². The van der Waals surface area contributed by atoms with Crippen molar-refractivity contribution >= 4 is 22.7 Å². The SMILES string of the molecule is CCOc1nc(Nc2cnn(C3(C)CC(N4CCOCC4)C3)c2C)nc2[nH]ccc12. The highest BCUT2D eigenvalue weighted by Gasteiger charge is 2.46. The van der Waals surface area contributed by atoms with Crippen LogP contribution in [0.4, 0.5) is 11.6 Å². The van der Waals surface area contributed by atoms with Crippen molar-refractivity contribution in [3.8, 4) is 5.88 Å². The van der Waals surface area contributed by atoms with Gasteiger partial charge in [0.25, 0.3) is 0 Å². The molecule has 9 heteroatoms. The van der Waals surface area contributed by atoms with Crippen LogP contribution < -0.4 is 10.1 Å². The van der Waals surface area contributed by atoms with E-state index in [1.54, 1.807) is 0 Å². The van der Waals surface area contributed by atoms with Crippen LogP contribution in [-0.2, 0) is 10.3 Å². The molecule has 2 fully saturated rings. The summed E-state index contributed by atoms with van der Waals surface area (Å²) in [4.78, 5) is 14.8. The van der Waals surface area contributed by atoms with Crippen molar-refractivity contribution in [2.24, 2.45) is 0 Å². The number of fused-ring (bicyclic) bond motifs is 1. The molecule has 0 aromatic carbocycles. The van der Waals surface area contributed by atoms with Gasteiger partial charge in [-0.15, -0.1) is 0 Å². The van der Waals surface area contributed by atoms with E-state index in [0.717, 1.165) is 61.6 Å². The molecule has 5 rings (SSSR count). The van der Waals surface area contributed by atoms with Gasteiger partial charge in [-0.2, -0.15) is 15.1 Å². The maximum atomic E-state index is 5.70. The lowest BCUT2D eigenvalue weighted by Crippen LogP contribution is -2.57. The Bertz CT molecular complexity index is 1030. The number of anilines is 2. The second-order valence-electron chi connectivity index (χ2n) is 8.41. The molecule has 1 saturated carbocycles. The first-order valence-electron chi connectivity index (χ1n) is 10.7. The van der Waals surface area contributed by atoms with Crippen LogP contribution in [0.1, 0.15) is 32.4 Å². The van der Waals surface area contributed by atoms with Gasteiger partial charge >= 0.3 is 0 Å². The van der Waals surface area contributed by atoms with E-state index in [-0.39, 0.29) is 5.54 Å². The highest BCUT2D eigenvalue weighted by molar-refractivity contribution is 5.82. The van der Waals surface area contributed by atoms with Crippen molar-refractivity contribution in [2.45, 2.75) is 45.2 Å². The van der Waals surface area contributed by atoms with Crippen LogP contribution in [0, 0.1) is 6.92 Å². The van der Waals surface area contributed by atoms with Crippen molar-refractivity contribution in [2.75, 3.05) is 38.2 Å². The van der Waals surface area contributed by atoms with Gasteiger partial charge in [0, 0.05) is 25.3 Å². The molecule has 3 aromatic heterocycles. The van der Waals surface area contributed by atoms with Crippen molar-refractivity contribution < 1.29 is 9.47 Å². The van der Waals surface area contributed by atoms with Gasteiger partial charge < -0.3 is 19.8 Å². The number of hydrogen-bond donors (Lipinski definition) is 2. The van der Waals surface area contributed by atoms with Gasteiger partial charge in [0.15, 0.2) is 0 Å². The van der Waals surface area contributed by atoms with E-state index in [1.807, 2.05) is 25.4 Å². The number of hydrogen-bond acceptors (Lipinski definition) is 7. The summed E-state index contributed by atoms with van der Waals surface area (Å²) in [6.07, 6.45) is 5.92. The summed E-state index contributed by atoms with van der Waals surface area (Å²) < 4.78 is 13.3. The fraction of sp³-hybridized carbons (Fsp3) is 0.571. The molecule has 2 N–H and O–H groups in total. The topological polar surface area (TPSA) is 93.1 Å². The van der Waals surface area contributed by atoms with Gasteiger partial charge in [0.05, 0.1) is 48.3 Å². The third kappa shape index (κ3) is 3.31. The Kier molecular flexibility index (Phi) is 4.86. The van der Waals surface area contributed by atoms with Gasteiger partial charge in [0.1, 0.15) is 5.65 Å². The first-order chi connectivity index (χ1) is 14.6. The monoisotopic (exact) mass is 411 g/mol. The summed E-state index contributed by atoms with van der Waals surface area (Å²) in [5.74, 6) is 1.08. The third-order valence-electron chi connectivity index (χ3n) is 6.34. The molecule has 0 bridgehead atoms. The smallest absolute Gasteiger partial charge is 0.232 e. The van der Waals surface area contributed by atoms with E-state index >= 15 is 0 Å². The lowest BCUT2D eigenvalue weighted by molar-refractivity contribution is -0.0433. The van der Waals surface area contributed by atoms with Gasteiger partial charge in [-0.25, -0.2) is 0 Å². The highest BCUT2D eigenvalue weighted by atomic mass is 16.5. The van der Waals surface area contributed by atoms with Crippen molar-refractivity contribution in [1.82, 2.24) is 29.6 Å². The first kappa shape index (κ1) is 19.3. The molecule has 1 aliphatic carbocycles. The number of nitrogens with zero attached hydrogens (tertiary/aromatic N) is 5. The van der Waals surface area contributed by atoms with Crippen LogP contribution in [0.25, 0.3) is 11.0 Å². The van der Waals surface area contributed by atoms with Crippen molar-refractivity contribution in [3.05, 3.63) is 24.2 Å². The number of morpholine rings is 1. The summed E-state index contributed by atoms with van der Waals surface area (Å²) in [6.45, 7) is 10.6.